The molecule has 0 saturated heterocycles. The second-order valence-corrected chi connectivity index (χ2v) is 4.26. The van der Waals surface area contributed by atoms with Gasteiger partial charge in [-0.2, -0.15) is 0 Å². The van der Waals surface area contributed by atoms with E-state index >= 15 is 0 Å². The second kappa shape index (κ2) is 6.29. The first-order valence-electron chi connectivity index (χ1n) is 6.23. The van der Waals surface area contributed by atoms with Crippen molar-refractivity contribution >= 4 is 0 Å². The summed E-state index contributed by atoms with van der Waals surface area (Å²) < 4.78 is 16.7. The third-order valence-corrected chi connectivity index (χ3v) is 2.87. The summed E-state index contributed by atoms with van der Waals surface area (Å²) in [5.41, 5.74) is 1.05. The molecule has 1 N–H and O–H groups in total. The van der Waals surface area contributed by atoms with Crippen LogP contribution in [0.5, 0.6) is 11.5 Å². The highest BCUT2D eigenvalue weighted by Crippen LogP contribution is 2.27. The molecule has 19 heavy (non-hydrogen) atoms. The van der Waals surface area contributed by atoms with Crippen molar-refractivity contribution in [2.45, 2.75) is 20.1 Å². The zero-order valence-electron chi connectivity index (χ0n) is 11.5. The van der Waals surface area contributed by atoms with Gasteiger partial charge in [0.1, 0.15) is 18.1 Å². The van der Waals surface area contributed by atoms with Gasteiger partial charge in [0.05, 0.1) is 13.7 Å². The number of benzene rings is 1. The summed E-state index contributed by atoms with van der Waals surface area (Å²) >= 11 is 0. The molecule has 2 aromatic rings. The highest BCUT2D eigenvalue weighted by atomic mass is 16.5. The lowest BCUT2D eigenvalue weighted by Gasteiger charge is -2.09. The number of ether oxygens (including phenoxy) is 2. The van der Waals surface area contributed by atoms with Crippen LogP contribution in [-0.2, 0) is 13.2 Å². The molecule has 0 spiro atoms. The van der Waals surface area contributed by atoms with E-state index in [1.165, 1.54) is 0 Å². The van der Waals surface area contributed by atoms with Crippen LogP contribution < -0.4 is 14.8 Å². The SMILES string of the molecule is CNCc1cc(COc2ccccc2OC)c(C)o1. The molecule has 0 aliphatic heterocycles. The summed E-state index contributed by atoms with van der Waals surface area (Å²) in [6.07, 6.45) is 0. The third-order valence-electron chi connectivity index (χ3n) is 2.87. The van der Waals surface area contributed by atoms with Crippen molar-refractivity contribution in [3.8, 4) is 11.5 Å². The van der Waals surface area contributed by atoms with E-state index in [0.29, 0.717) is 6.61 Å². The second-order valence-electron chi connectivity index (χ2n) is 4.26. The van der Waals surface area contributed by atoms with Crippen LogP contribution in [0.1, 0.15) is 17.1 Å². The Morgan fingerprint density at radius 3 is 2.63 bits per heavy atom. The third kappa shape index (κ3) is 3.29. The van der Waals surface area contributed by atoms with Crippen LogP contribution in [0.15, 0.2) is 34.7 Å². The van der Waals surface area contributed by atoms with Gasteiger partial charge in [-0.1, -0.05) is 12.1 Å². The Labute approximate surface area is 113 Å². The molecule has 1 aromatic heterocycles. The summed E-state index contributed by atoms with van der Waals surface area (Å²) in [5.74, 6) is 3.28. The van der Waals surface area contributed by atoms with Gasteiger partial charge < -0.3 is 19.2 Å². The number of furan rings is 1. The standard InChI is InChI=1S/C15H19NO3/c1-11-12(8-13(19-11)9-16-2)10-18-15-7-5-4-6-14(15)17-3/h4-8,16H,9-10H2,1-3H3. The monoisotopic (exact) mass is 261 g/mol. The average Bonchev–Trinajstić information content (AvgIpc) is 2.77. The Bertz CT molecular complexity index is 534. The Kier molecular flexibility index (Phi) is 4.47. The molecule has 0 fully saturated rings. The highest BCUT2D eigenvalue weighted by Gasteiger charge is 2.09. The lowest BCUT2D eigenvalue weighted by Crippen LogP contribution is -2.03. The number of hydrogen-bond acceptors (Lipinski definition) is 4. The maximum absolute atomic E-state index is 5.78. The molecular weight excluding hydrogens is 242 g/mol. The van der Waals surface area contributed by atoms with Crippen molar-refractivity contribution in [3.63, 3.8) is 0 Å². The summed E-state index contributed by atoms with van der Waals surface area (Å²) in [6.45, 7) is 3.13. The number of methoxy groups -OCH3 is 1. The molecule has 0 aliphatic carbocycles. The summed E-state index contributed by atoms with van der Waals surface area (Å²) in [4.78, 5) is 0. The number of para-hydroxylation sites is 2. The van der Waals surface area contributed by atoms with Crippen LogP contribution in [-0.4, -0.2) is 14.2 Å². The topological polar surface area (TPSA) is 43.6 Å². The van der Waals surface area contributed by atoms with Gasteiger partial charge in [-0.05, 0) is 32.2 Å². The van der Waals surface area contributed by atoms with Crippen LogP contribution in [0, 0.1) is 6.92 Å². The van der Waals surface area contributed by atoms with Crippen molar-refractivity contribution in [2.24, 2.45) is 0 Å². The van der Waals surface area contributed by atoms with Crippen LogP contribution >= 0.6 is 0 Å². The number of hydrogen-bond donors (Lipinski definition) is 1. The molecule has 0 saturated carbocycles. The van der Waals surface area contributed by atoms with E-state index in [9.17, 15) is 0 Å². The summed E-state index contributed by atoms with van der Waals surface area (Å²) in [6, 6.07) is 9.63. The van der Waals surface area contributed by atoms with E-state index in [1.807, 2.05) is 44.3 Å². The van der Waals surface area contributed by atoms with Crippen molar-refractivity contribution < 1.29 is 13.9 Å². The zero-order chi connectivity index (χ0) is 13.7. The van der Waals surface area contributed by atoms with Gasteiger partial charge in [0.15, 0.2) is 11.5 Å². The Morgan fingerprint density at radius 1 is 1.21 bits per heavy atom. The molecule has 0 radical (unpaired) electrons. The maximum Gasteiger partial charge on any atom is 0.161 e. The predicted molar refractivity (Wildman–Crippen MR) is 73.5 cm³/mol. The molecule has 1 aromatic carbocycles. The molecule has 102 valence electrons. The van der Waals surface area contributed by atoms with E-state index in [-0.39, 0.29) is 0 Å². The minimum atomic E-state index is 0.472. The van der Waals surface area contributed by atoms with Crippen LogP contribution in [0.4, 0.5) is 0 Å². The molecule has 0 amide bonds. The van der Waals surface area contributed by atoms with Crippen molar-refractivity contribution in [1.82, 2.24) is 5.32 Å². The maximum atomic E-state index is 5.78. The fourth-order valence-corrected chi connectivity index (χ4v) is 1.89. The van der Waals surface area contributed by atoms with E-state index in [1.54, 1.807) is 7.11 Å². The van der Waals surface area contributed by atoms with Crippen molar-refractivity contribution in [2.75, 3.05) is 14.2 Å². The first-order chi connectivity index (χ1) is 9.24. The smallest absolute Gasteiger partial charge is 0.161 e. The number of nitrogens with one attached hydrogen (secondary N) is 1. The summed E-state index contributed by atoms with van der Waals surface area (Å²) in [7, 11) is 3.53. The van der Waals surface area contributed by atoms with E-state index in [2.05, 4.69) is 5.32 Å². The highest BCUT2D eigenvalue weighted by molar-refractivity contribution is 5.39. The largest absolute Gasteiger partial charge is 0.493 e. The lowest BCUT2D eigenvalue weighted by atomic mass is 10.2. The number of rotatable bonds is 6. The average molecular weight is 261 g/mol. The van der Waals surface area contributed by atoms with Gasteiger partial charge in [0, 0.05) is 5.56 Å². The van der Waals surface area contributed by atoms with Gasteiger partial charge in [0.2, 0.25) is 0 Å². The van der Waals surface area contributed by atoms with Crippen LogP contribution in [0.25, 0.3) is 0 Å². The lowest BCUT2D eigenvalue weighted by molar-refractivity contribution is 0.282. The fraction of sp³-hybridized carbons (Fsp3) is 0.333. The Morgan fingerprint density at radius 2 is 1.95 bits per heavy atom. The molecule has 4 heteroatoms. The van der Waals surface area contributed by atoms with E-state index in [4.69, 9.17) is 13.9 Å². The van der Waals surface area contributed by atoms with Gasteiger partial charge in [-0.3, -0.25) is 0 Å². The van der Waals surface area contributed by atoms with E-state index < -0.39 is 0 Å². The molecule has 0 atom stereocenters. The first kappa shape index (κ1) is 13.5. The van der Waals surface area contributed by atoms with Gasteiger partial charge in [-0.15, -0.1) is 0 Å². The zero-order valence-corrected chi connectivity index (χ0v) is 11.5. The van der Waals surface area contributed by atoms with Crippen molar-refractivity contribution in [3.05, 3.63) is 47.4 Å². The molecule has 2 rings (SSSR count). The predicted octanol–water partition coefficient (Wildman–Crippen LogP) is 2.90. The minimum absolute atomic E-state index is 0.472. The van der Waals surface area contributed by atoms with E-state index in [0.717, 1.165) is 35.1 Å². The van der Waals surface area contributed by atoms with Crippen molar-refractivity contribution in [1.29, 1.82) is 0 Å². The fourth-order valence-electron chi connectivity index (χ4n) is 1.89. The van der Waals surface area contributed by atoms with Gasteiger partial charge >= 0.3 is 0 Å². The normalized spacial score (nSPS) is 10.5. The molecule has 0 bridgehead atoms. The molecule has 4 nitrogen and oxygen atoms in total. The molecule has 0 aliphatic rings. The van der Waals surface area contributed by atoms with Crippen LogP contribution in [0.3, 0.4) is 0 Å². The Balaban J connectivity index is 2.05. The minimum Gasteiger partial charge on any atom is -0.493 e. The summed E-state index contributed by atoms with van der Waals surface area (Å²) in [5, 5.41) is 3.06. The Hall–Kier alpha value is -1.94. The molecular formula is C15H19NO3. The van der Waals surface area contributed by atoms with Gasteiger partial charge in [-0.25, -0.2) is 0 Å². The molecule has 1 heterocycles. The van der Waals surface area contributed by atoms with Gasteiger partial charge in [0.25, 0.3) is 0 Å². The number of aryl methyl sites for hydroxylation is 1. The van der Waals surface area contributed by atoms with Crippen LogP contribution in [0.2, 0.25) is 0 Å². The molecule has 0 unspecified atom stereocenters. The quantitative estimate of drug-likeness (QED) is 0.868. The first-order valence-corrected chi connectivity index (χ1v) is 6.23.